The van der Waals surface area contributed by atoms with Crippen molar-refractivity contribution in [1.29, 1.82) is 0 Å². The fourth-order valence-electron chi connectivity index (χ4n) is 3.69. The summed E-state index contributed by atoms with van der Waals surface area (Å²) in [7, 11) is 0. The van der Waals surface area contributed by atoms with Gasteiger partial charge in [0.1, 0.15) is 5.84 Å². The van der Waals surface area contributed by atoms with Gasteiger partial charge >= 0.3 is 6.18 Å². The highest BCUT2D eigenvalue weighted by Gasteiger charge is 2.34. The van der Waals surface area contributed by atoms with Crippen LogP contribution in [0.2, 0.25) is 0 Å². The second-order valence-electron chi connectivity index (χ2n) is 7.99. The lowest BCUT2D eigenvalue weighted by molar-refractivity contribution is -0.136. The number of alkyl halides is 3. The Morgan fingerprint density at radius 3 is 2.39 bits per heavy atom. The van der Waals surface area contributed by atoms with Crippen molar-refractivity contribution in [2.75, 3.05) is 5.32 Å². The van der Waals surface area contributed by atoms with Crippen LogP contribution in [0.25, 0.3) is 16.8 Å². The molecule has 0 fully saturated rings. The van der Waals surface area contributed by atoms with Gasteiger partial charge in [-0.05, 0) is 47.4 Å². The minimum absolute atomic E-state index is 0.230. The predicted octanol–water partition coefficient (Wildman–Crippen LogP) is 4.83. The van der Waals surface area contributed by atoms with E-state index < -0.39 is 17.3 Å². The molecule has 0 saturated heterocycles. The van der Waals surface area contributed by atoms with E-state index in [0.717, 1.165) is 11.6 Å². The monoisotopic (exact) mass is 492 g/mol. The summed E-state index contributed by atoms with van der Waals surface area (Å²) in [5.74, 6) is 5.24. The smallest absolute Gasteiger partial charge is 0.386 e. The van der Waals surface area contributed by atoms with Crippen LogP contribution in [-0.2, 0) is 12.6 Å². The normalized spacial score (nSPS) is 11.9. The fourth-order valence-corrected chi connectivity index (χ4v) is 3.69. The molecule has 1 heterocycles. The van der Waals surface area contributed by atoms with E-state index in [9.17, 15) is 18.0 Å². The lowest BCUT2D eigenvalue weighted by atomic mass is 10.0. The van der Waals surface area contributed by atoms with E-state index in [2.05, 4.69) is 15.4 Å². The van der Waals surface area contributed by atoms with Crippen LogP contribution < -0.4 is 22.5 Å². The third-order valence-corrected chi connectivity index (χ3v) is 5.58. The number of nitrogens with zero attached hydrogens (tertiary/aromatic N) is 3. The summed E-state index contributed by atoms with van der Waals surface area (Å²) in [5, 5.41) is 6.01. The number of aromatic nitrogens is 2. The Labute approximate surface area is 204 Å². The van der Waals surface area contributed by atoms with Gasteiger partial charge in [-0.25, -0.2) is 4.98 Å². The van der Waals surface area contributed by atoms with E-state index in [0.29, 0.717) is 35.5 Å². The summed E-state index contributed by atoms with van der Waals surface area (Å²) < 4.78 is 43.0. The number of nitrogens with two attached hydrogens (primary N) is 2. The van der Waals surface area contributed by atoms with Crippen LogP contribution in [0.5, 0.6) is 0 Å². The molecule has 0 saturated carbocycles. The number of amidine groups is 1. The molecular weight excluding hydrogens is 469 g/mol. The summed E-state index contributed by atoms with van der Waals surface area (Å²) in [4.78, 5) is 17.1. The highest BCUT2D eigenvalue weighted by atomic mass is 19.4. The van der Waals surface area contributed by atoms with Crippen molar-refractivity contribution in [1.82, 2.24) is 9.55 Å². The van der Waals surface area contributed by atoms with Crippen molar-refractivity contribution in [3.63, 3.8) is 0 Å². The van der Waals surface area contributed by atoms with E-state index in [1.807, 2.05) is 12.1 Å². The third-order valence-electron chi connectivity index (χ3n) is 5.58. The Hall–Kier alpha value is -4.60. The van der Waals surface area contributed by atoms with Crippen LogP contribution in [-0.4, -0.2) is 15.4 Å². The van der Waals surface area contributed by atoms with Crippen LogP contribution in [0.1, 0.15) is 17.5 Å². The minimum Gasteiger partial charge on any atom is -0.386 e. The maximum absolute atomic E-state index is 13.9. The zero-order valence-electron chi connectivity index (χ0n) is 19.0. The molecule has 1 aromatic heterocycles. The largest absolute Gasteiger partial charge is 0.418 e. The van der Waals surface area contributed by atoms with Crippen molar-refractivity contribution >= 4 is 17.3 Å². The van der Waals surface area contributed by atoms with Gasteiger partial charge in [0.15, 0.2) is 5.82 Å². The maximum atomic E-state index is 13.9. The summed E-state index contributed by atoms with van der Waals surface area (Å²) in [6, 6.07) is 19.8. The molecule has 0 radical (unpaired) electrons. The Kier molecular flexibility index (Phi) is 7.05. The van der Waals surface area contributed by atoms with E-state index in [1.165, 1.54) is 23.0 Å². The number of hydrogen-bond donors (Lipinski definition) is 3. The number of nitrogens with one attached hydrogen (secondary N) is 1. The molecule has 0 unspecified atom stereocenters. The van der Waals surface area contributed by atoms with Crippen LogP contribution in [0.4, 0.5) is 24.7 Å². The predicted molar refractivity (Wildman–Crippen MR) is 134 cm³/mol. The number of halogens is 3. The molecule has 7 nitrogen and oxygen atoms in total. The maximum Gasteiger partial charge on any atom is 0.418 e. The summed E-state index contributed by atoms with van der Waals surface area (Å²) in [6.45, 7) is 0. The molecule has 0 aliphatic rings. The van der Waals surface area contributed by atoms with Gasteiger partial charge in [0.2, 0.25) is 0 Å². The number of aryl methyl sites for hydroxylation is 1. The summed E-state index contributed by atoms with van der Waals surface area (Å²) in [6.07, 6.45) is -0.741. The quantitative estimate of drug-likeness (QED) is 0.148. The topological polar surface area (TPSA) is 111 Å². The Morgan fingerprint density at radius 2 is 1.72 bits per heavy atom. The van der Waals surface area contributed by atoms with E-state index in [-0.39, 0.29) is 11.5 Å². The molecule has 10 heteroatoms. The highest BCUT2D eigenvalue weighted by Crippen LogP contribution is 2.38. The fraction of sp³-hybridized carbons (Fsp3) is 0.115. The van der Waals surface area contributed by atoms with Gasteiger partial charge < -0.3 is 16.9 Å². The van der Waals surface area contributed by atoms with Crippen molar-refractivity contribution in [3.05, 3.63) is 107 Å². The van der Waals surface area contributed by atoms with Crippen LogP contribution in [0, 0.1) is 0 Å². The Balaban J connectivity index is 1.63. The minimum atomic E-state index is -4.64. The molecule has 184 valence electrons. The van der Waals surface area contributed by atoms with E-state index in [1.54, 1.807) is 48.5 Å². The van der Waals surface area contributed by atoms with Gasteiger partial charge in [-0.2, -0.15) is 18.3 Å². The van der Waals surface area contributed by atoms with Gasteiger partial charge in [-0.1, -0.05) is 48.5 Å². The van der Waals surface area contributed by atoms with Gasteiger partial charge in [0.25, 0.3) is 5.56 Å². The first-order valence-corrected chi connectivity index (χ1v) is 11.0. The molecular formula is C26H23F3N6O. The summed E-state index contributed by atoms with van der Waals surface area (Å²) in [5.41, 5.74) is 6.40. The zero-order chi connectivity index (χ0) is 25.7. The number of benzene rings is 3. The van der Waals surface area contributed by atoms with Crippen molar-refractivity contribution in [2.24, 2.45) is 16.7 Å². The summed E-state index contributed by atoms with van der Waals surface area (Å²) >= 11 is 0. The Bertz CT molecular complexity index is 1430. The molecule has 0 aliphatic carbocycles. The first-order valence-electron chi connectivity index (χ1n) is 11.0. The van der Waals surface area contributed by atoms with Gasteiger partial charge in [0.05, 0.1) is 11.3 Å². The molecule has 5 N–H and O–H groups in total. The molecule has 3 aromatic carbocycles. The first-order chi connectivity index (χ1) is 17.3. The van der Waals surface area contributed by atoms with Gasteiger partial charge in [-0.15, -0.1) is 0 Å². The number of rotatable bonds is 7. The lowest BCUT2D eigenvalue weighted by Crippen LogP contribution is -2.22. The van der Waals surface area contributed by atoms with Gasteiger partial charge in [-0.3, -0.25) is 9.36 Å². The first kappa shape index (κ1) is 24.5. The van der Waals surface area contributed by atoms with Crippen LogP contribution in [0.15, 0.2) is 95.1 Å². The average Bonchev–Trinajstić information content (AvgIpc) is 2.89. The SMILES string of the molecule is N/N=C(\N)CCc1ccc(-n2ccnc(Nc3ccc(-c4ccccc4)cc3C(F)(F)F)c2=O)cc1. The third kappa shape index (κ3) is 5.54. The Morgan fingerprint density at radius 1 is 1.00 bits per heavy atom. The second kappa shape index (κ2) is 10.3. The molecule has 4 rings (SSSR count). The van der Waals surface area contributed by atoms with E-state index >= 15 is 0 Å². The molecule has 36 heavy (non-hydrogen) atoms. The number of hydrazone groups is 1. The van der Waals surface area contributed by atoms with Crippen molar-refractivity contribution in [2.45, 2.75) is 19.0 Å². The molecule has 0 bridgehead atoms. The standard InChI is InChI=1S/C26H23F3N6O/c27-26(28,29)21-16-19(18-4-2-1-3-5-18)9-12-22(21)33-24-25(36)35(15-14-32-24)20-10-6-17(7-11-20)8-13-23(30)34-31/h1-7,9-12,14-16H,8,13,31H2,(H2,30,34)(H,32,33). The van der Waals surface area contributed by atoms with Crippen LogP contribution in [0.3, 0.4) is 0 Å². The van der Waals surface area contributed by atoms with Gasteiger partial charge in [0, 0.05) is 24.5 Å². The second-order valence-corrected chi connectivity index (χ2v) is 7.99. The average molecular weight is 493 g/mol. The molecule has 4 aromatic rings. The zero-order valence-corrected chi connectivity index (χ0v) is 19.0. The molecule has 0 aliphatic heterocycles. The lowest BCUT2D eigenvalue weighted by Gasteiger charge is -2.16. The molecule has 0 atom stereocenters. The number of hydrogen-bond acceptors (Lipinski definition) is 5. The number of anilines is 2. The highest BCUT2D eigenvalue weighted by molar-refractivity contribution is 5.80. The molecule has 0 spiro atoms. The molecule has 0 amide bonds. The van der Waals surface area contributed by atoms with Crippen LogP contribution >= 0.6 is 0 Å². The van der Waals surface area contributed by atoms with Crippen molar-refractivity contribution in [3.8, 4) is 16.8 Å². The van der Waals surface area contributed by atoms with Crippen molar-refractivity contribution < 1.29 is 13.2 Å². The van der Waals surface area contributed by atoms with E-state index in [4.69, 9.17) is 11.6 Å².